The van der Waals surface area contributed by atoms with Gasteiger partial charge >= 0.3 is 5.97 Å². The molecule has 25 heavy (non-hydrogen) atoms. The zero-order valence-corrected chi connectivity index (χ0v) is 14.3. The van der Waals surface area contributed by atoms with E-state index in [1.165, 1.54) is 6.21 Å². The number of hydrazone groups is 1. The zero-order valence-electron chi connectivity index (χ0n) is 14.3. The van der Waals surface area contributed by atoms with Gasteiger partial charge in [-0.2, -0.15) is 5.10 Å². The Morgan fingerprint density at radius 2 is 1.96 bits per heavy atom. The zero-order chi connectivity index (χ0) is 18.1. The van der Waals surface area contributed by atoms with Crippen molar-refractivity contribution in [2.24, 2.45) is 5.10 Å². The summed E-state index contributed by atoms with van der Waals surface area (Å²) in [5.41, 5.74) is 3.20. The molecule has 0 radical (unpaired) electrons. The maximum Gasteiger partial charge on any atom is 0.344 e. The fraction of sp³-hybridized carbons (Fsp3) is 0.471. The molecule has 1 aromatic rings. The van der Waals surface area contributed by atoms with Gasteiger partial charge in [-0.15, -0.1) is 0 Å². The fourth-order valence-corrected chi connectivity index (χ4v) is 2.16. The lowest BCUT2D eigenvalue weighted by Gasteiger charge is -2.20. The van der Waals surface area contributed by atoms with Crippen molar-refractivity contribution in [3.8, 4) is 5.75 Å². The number of carbonyl (C=O) groups excluding carboxylic acids is 2. The second-order valence-electron chi connectivity index (χ2n) is 5.46. The highest BCUT2D eigenvalue weighted by atomic mass is 16.7. The summed E-state index contributed by atoms with van der Waals surface area (Å²) in [5.74, 6) is -1.05. The summed E-state index contributed by atoms with van der Waals surface area (Å²) in [7, 11) is 0. The minimum atomic E-state index is -0.877. The Morgan fingerprint density at radius 3 is 2.60 bits per heavy atom. The number of carbonyl (C=O) groups is 2. The van der Waals surface area contributed by atoms with Crippen LogP contribution in [0.3, 0.4) is 0 Å². The first-order valence-corrected chi connectivity index (χ1v) is 7.99. The summed E-state index contributed by atoms with van der Waals surface area (Å²) in [6, 6.07) is 6.90. The summed E-state index contributed by atoms with van der Waals surface area (Å²) < 4.78 is 20.8. The van der Waals surface area contributed by atoms with Crippen molar-refractivity contribution in [3.05, 3.63) is 29.8 Å². The lowest BCUT2D eigenvalue weighted by atomic mass is 10.2. The van der Waals surface area contributed by atoms with E-state index in [1.54, 1.807) is 38.1 Å². The van der Waals surface area contributed by atoms with Gasteiger partial charge in [0.1, 0.15) is 5.75 Å². The minimum absolute atomic E-state index is 0.0744. The van der Waals surface area contributed by atoms with E-state index in [9.17, 15) is 9.59 Å². The minimum Gasteiger partial charge on any atom is -0.482 e. The Balaban J connectivity index is 1.75. The SMILES string of the molecule is CCOC(=O)COc1ccc(/C=N\NC(=O)CC2(C)OCCO2)cc1. The molecule has 2 rings (SSSR count). The molecule has 1 fully saturated rings. The first kappa shape index (κ1) is 18.9. The normalized spacial score (nSPS) is 15.9. The molecule has 1 aliphatic rings. The molecule has 1 saturated heterocycles. The molecule has 1 aliphatic heterocycles. The average Bonchev–Trinajstić information content (AvgIpc) is 3.00. The van der Waals surface area contributed by atoms with Crippen molar-refractivity contribution in [2.45, 2.75) is 26.1 Å². The molecule has 0 saturated carbocycles. The maximum atomic E-state index is 11.8. The molecule has 0 bridgehead atoms. The largest absolute Gasteiger partial charge is 0.482 e. The van der Waals surface area contributed by atoms with Gasteiger partial charge in [0.05, 0.1) is 32.5 Å². The van der Waals surface area contributed by atoms with E-state index in [0.29, 0.717) is 25.6 Å². The van der Waals surface area contributed by atoms with Crippen LogP contribution in [0, 0.1) is 0 Å². The van der Waals surface area contributed by atoms with Gasteiger partial charge in [0.25, 0.3) is 0 Å². The highest BCUT2D eigenvalue weighted by molar-refractivity contribution is 5.82. The van der Waals surface area contributed by atoms with Crippen LogP contribution >= 0.6 is 0 Å². The molecular weight excluding hydrogens is 328 g/mol. The smallest absolute Gasteiger partial charge is 0.344 e. The number of amides is 1. The van der Waals surface area contributed by atoms with Crippen LogP contribution in [0.4, 0.5) is 0 Å². The lowest BCUT2D eigenvalue weighted by Crippen LogP contribution is -2.33. The number of hydrogen-bond donors (Lipinski definition) is 1. The van der Waals surface area contributed by atoms with E-state index >= 15 is 0 Å². The summed E-state index contributed by atoms with van der Waals surface area (Å²) in [6.07, 6.45) is 1.58. The average molecular weight is 350 g/mol. The van der Waals surface area contributed by atoms with Crippen LogP contribution in [0.15, 0.2) is 29.4 Å². The predicted octanol–water partition coefficient (Wildman–Crippen LogP) is 1.23. The number of nitrogens with zero attached hydrogens (tertiary/aromatic N) is 1. The lowest BCUT2D eigenvalue weighted by molar-refractivity contribution is -0.159. The van der Waals surface area contributed by atoms with Crippen molar-refractivity contribution in [2.75, 3.05) is 26.4 Å². The Hall–Kier alpha value is -2.45. The van der Waals surface area contributed by atoms with Crippen molar-refractivity contribution < 1.29 is 28.5 Å². The number of ether oxygens (including phenoxy) is 4. The topological polar surface area (TPSA) is 95.5 Å². The highest BCUT2D eigenvalue weighted by Crippen LogP contribution is 2.22. The monoisotopic (exact) mass is 350 g/mol. The van der Waals surface area contributed by atoms with Gasteiger partial charge in [-0.25, -0.2) is 10.2 Å². The number of rotatable bonds is 8. The van der Waals surface area contributed by atoms with Crippen molar-refractivity contribution in [1.82, 2.24) is 5.43 Å². The third-order valence-electron chi connectivity index (χ3n) is 3.32. The first-order valence-electron chi connectivity index (χ1n) is 7.99. The molecule has 0 aliphatic carbocycles. The number of benzene rings is 1. The molecule has 8 heteroatoms. The second-order valence-corrected chi connectivity index (χ2v) is 5.46. The van der Waals surface area contributed by atoms with Gasteiger partial charge in [0, 0.05) is 0 Å². The van der Waals surface area contributed by atoms with Crippen LogP contribution in [0.1, 0.15) is 25.8 Å². The van der Waals surface area contributed by atoms with Crippen molar-refractivity contribution in [1.29, 1.82) is 0 Å². The maximum absolute atomic E-state index is 11.8. The number of esters is 1. The summed E-state index contributed by atoms with van der Waals surface area (Å²) in [5, 5.41) is 3.89. The van der Waals surface area contributed by atoms with Crippen LogP contribution in [0.25, 0.3) is 0 Å². The predicted molar refractivity (Wildman–Crippen MR) is 89.2 cm³/mol. The van der Waals surface area contributed by atoms with Gasteiger partial charge in [0.2, 0.25) is 5.91 Å². The Kier molecular flexibility index (Phi) is 6.91. The molecule has 0 unspecified atom stereocenters. The molecule has 0 spiro atoms. The van der Waals surface area contributed by atoms with Crippen LogP contribution < -0.4 is 10.2 Å². The molecule has 1 N–H and O–H groups in total. The highest BCUT2D eigenvalue weighted by Gasteiger charge is 2.33. The van der Waals surface area contributed by atoms with Crippen LogP contribution in [0.2, 0.25) is 0 Å². The Labute approximate surface area is 146 Å². The molecule has 1 amide bonds. The molecule has 0 atom stereocenters. The third kappa shape index (κ3) is 6.52. The van der Waals surface area contributed by atoms with Gasteiger partial charge in [-0.05, 0) is 43.7 Å². The second kappa shape index (κ2) is 9.14. The summed E-state index contributed by atoms with van der Waals surface area (Å²) in [4.78, 5) is 23.0. The van der Waals surface area contributed by atoms with Gasteiger partial charge in [0.15, 0.2) is 12.4 Å². The molecule has 1 aromatic carbocycles. The third-order valence-corrected chi connectivity index (χ3v) is 3.32. The Bertz CT molecular complexity index is 608. The van der Waals surface area contributed by atoms with E-state index < -0.39 is 11.8 Å². The molecule has 1 heterocycles. The molecule has 136 valence electrons. The van der Waals surface area contributed by atoms with Crippen molar-refractivity contribution >= 4 is 18.1 Å². The molecule has 8 nitrogen and oxygen atoms in total. The summed E-state index contributed by atoms with van der Waals surface area (Å²) >= 11 is 0. The van der Waals surface area contributed by atoms with Gasteiger partial charge < -0.3 is 18.9 Å². The molecule has 0 aromatic heterocycles. The van der Waals surface area contributed by atoms with Crippen molar-refractivity contribution in [3.63, 3.8) is 0 Å². The molecular formula is C17H22N2O6. The fourth-order valence-electron chi connectivity index (χ4n) is 2.16. The van der Waals surface area contributed by atoms with Gasteiger partial charge in [-0.3, -0.25) is 4.79 Å². The van der Waals surface area contributed by atoms with Crippen LogP contribution in [-0.2, 0) is 23.8 Å². The number of nitrogens with one attached hydrogen (secondary N) is 1. The van der Waals surface area contributed by atoms with Gasteiger partial charge in [-0.1, -0.05) is 0 Å². The summed E-state index contributed by atoms with van der Waals surface area (Å²) in [6.45, 7) is 4.60. The van der Waals surface area contributed by atoms with E-state index in [0.717, 1.165) is 5.56 Å². The van der Waals surface area contributed by atoms with E-state index in [1.807, 2.05) is 0 Å². The quantitative estimate of drug-likeness (QED) is 0.430. The first-order chi connectivity index (χ1) is 12.0. The van der Waals surface area contributed by atoms with E-state index in [4.69, 9.17) is 18.9 Å². The van der Waals surface area contributed by atoms with Crippen LogP contribution in [0.5, 0.6) is 5.75 Å². The Morgan fingerprint density at radius 1 is 1.28 bits per heavy atom. The standard InChI is InChI=1S/C17H22N2O6/c1-3-22-16(21)12-23-14-6-4-13(5-7-14)11-18-19-15(20)10-17(2)24-8-9-25-17/h4-7,11H,3,8-10,12H2,1-2H3,(H,19,20)/b18-11-. The van der Waals surface area contributed by atoms with E-state index in [-0.39, 0.29) is 18.9 Å². The van der Waals surface area contributed by atoms with E-state index in [2.05, 4.69) is 10.5 Å². The van der Waals surface area contributed by atoms with Crippen LogP contribution in [-0.4, -0.2) is 50.3 Å². The number of hydrogen-bond acceptors (Lipinski definition) is 7.